The Morgan fingerprint density at radius 3 is 2.46 bits per heavy atom. The predicted molar refractivity (Wildman–Crippen MR) is 95.1 cm³/mol. The Labute approximate surface area is 155 Å². The van der Waals surface area contributed by atoms with Gasteiger partial charge in [0.25, 0.3) is 5.92 Å². The van der Waals surface area contributed by atoms with Crippen molar-refractivity contribution in [1.82, 2.24) is 19.8 Å². The molecule has 0 aromatic carbocycles. The minimum absolute atomic E-state index is 0.0151. The molecule has 0 radical (unpaired) electrons. The largest absolute Gasteiger partial charge is 0.450 e. The van der Waals surface area contributed by atoms with Crippen molar-refractivity contribution in [3.05, 3.63) is 0 Å². The van der Waals surface area contributed by atoms with Crippen LogP contribution < -0.4 is 0 Å². The second-order valence-corrected chi connectivity index (χ2v) is 7.91. The molecular weight excluding hydrogens is 342 g/mol. The number of halogens is 2. The summed E-state index contributed by atoms with van der Waals surface area (Å²) in [5.74, 6) is -1.87. The minimum Gasteiger partial charge on any atom is -0.450 e. The van der Waals surface area contributed by atoms with E-state index in [1.165, 1.54) is 0 Å². The lowest BCUT2D eigenvalue weighted by atomic mass is 9.97. The molecule has 3 saturated heterocycles. The number of carbonyl (C=O) groups is 1. The van der Waals surface area contributed by atoms with E-state index in [1.807, 2.05) is 11.8 Å². The molecule has 8 heteroatoms. The maximum absolute atomic E-state index is 13.4. The molecule has 6 nitrogen and oxygen atoms in total. The van der Waals surface area contributed by atoms with Gasteiger partial charge in [-0.2, -0.15) is 0 Å². The number of likely N-dealkylation sites (tertiary alicyclic amines) is 1. The number of carbonyl (C=O) groups excluding carboxylic acids is 1. The van der Waals surface area contributed by atoms with E-state index < -0.39 is 5.92 Å². The van der Waals surface area contributed by atoms with E-state index in [-0.39, 0.29) is 19.1 Å². The van der Waals surface area contributed by atoms with Crippen LogP contribution in [0.15, 0.2) is 0 Å². The van der Waals surface area contributed by atoms with Gasteiger partial charge in [0.05, 0.1) is 13.2 Å². The summed E-state index contributed by atoms with van der Waals surface area (Å²) < 4.78 is 31.8. The average molecular weight is 374 g/mol. The monoisotopic (exact) mass is 374 g/mol. The molecule has 3 aliphatic rings. The van der Waals surface area contributed by atoms with Crippen molar-refractivity contribution < 1.29 is 18.3 Å². The topological polar surface area (TPSA) is 39.3 Å². The van der Waals surface area contributed by atoms with Gasteiger partial charge in [-0.15, -0.1) is 0 Å². The van der Waals surface area contributed by atoms with Crippen LogP contribution in [0.1, 0.15) is 32.6 Å². The molecule has 1 amide bonds. The summed E-state index contributed by atoms with van der Waals surface area (Å²) >= 11 is 0. The summed E-state index contributed by atoms with van der Waals surface area (Å²) in [4.78, 5) is 15.2. The highest BCUT2D eigenvalue weighted by Gasteiger charge is 2.42. The average Bonchev–Trinajstić information content (AvgIpc) is 2.94. The third kappa shape index (κ3) is 4.84. The van der Waals surface area contributed by atoms with E-state index in [0.717, 1.165) is 52.0 Å². The Balaban J connectivity index is 1.31. The lowest BCUT2D eigenvalue weighted by Gasteiger charge is -2.49. The molecule has 0 bridgehead atoms. The van der Waals surface area contributed by atoms with E-state index in [0.29, 0.717) is 25.1 Å². The summed E-state index contributed by atoms with van der Waals surface area (Å²) in [6.45, 7) is 7.41. The van der Waals surface area contributed by atoms with Crippen molar-refractivity contribution in [1.29, 1.82) is 0 Å². The molecule has 3 heterocycles. The molecule has 3 rings (SSSR count). The SMILES string of the molecule is CCOC(=O)N(C)CCC1CN(N2CCC(N3CCC(F)(F)C3)CC2)C1. The number of nitrogens with zero attached hydrogens (tertiary/aromatic N) is 4. The minimum atomic E-state index is -2.49. The number of hydrogen-bond acceptors (Lipinski definition) is 5. The molecule has 0 N–H and O–H groups in total. The Bertz CT molecular complexity index is 480. The van der Waals surface area contributed by atoms with Crippen LogP contribution in [0.5, 0.6) is 0 Å². The molecule has 0 saturated carbocycles. The first-order chi connectivity index (χ1) is 12.4. The van der Waals surface area contributed by atoms with Gasteiger partial charge in [0.2, 0.25) is 0 Å². The van der Waals surface area contributed by atoms with Gasteiger partial charge in [-0.25, -0.2) is 23.6 Å². The fourth-order valence-corrected chi connectivity index (χ4v) is 4.23. The second-order valence-electron chi connectivity index (χ2n) is 7.91. The quantitative estimate of drug-likeness (QED) is 0.712. The van der Waals surface area contributed by atoms with E-state index in [4.69, 9.17) is 4.74 Å². The van der Waals surface area contributed by atoms with E-state index in [2.05, 4.69) is 10.0 Å². The first-order valence-corrected chi connectivity index (χ1v) is 9.87. The molecule has 0 atom stereocenters. The Morgan fingerprint density at radius 2 is 1.88 bits per heavy atom. The molecule has 26 heavy (non-hydrogen) atoms. The number of hydrazine groups is 1. The third-order valence-corrected chi connectivity index (χ3v) is 5.95. The van der Waals surface area contributed by atoms with Gasteiger partial charge >= 0.3 is 6.09 Å². The van der Waals surface area contributed by atoms with Crippen LogP contribution in [0.4, 0.5) is 13.6 Å². The van der Waals surface area contributed by atoms with Crippen LogP contribution in [0.2, 0.25) is 0 Å². The van der Waals surface area contributed by atoms with Gasteiger partial charge in [-0.05, 0) is 32.1 Å². The van der Waals surface area contributed by atoms with E-state index >= 15 is 0 Å². The van der Waals surface area contributed by atoms with E-state index in [9.17, 15) is 13.6 Å². The smallest absolute Gasteiger partial charge is 0.409 e. The van der Waals surface area contributed by atoms with Gasteiger partial charge < -0.3 is 9.64 Å². The molecule has 3 fully saturated rings. The number of rotatable bonds is 6. The highest BCUT2D eigenvalue weighted by molar-refractivity contribution is 5.67. The van der Waals surface area contributed by atoms with Crippen LogP contribution >= 0.6 is 0 Å². The fraction of sp³-hybridized carbons (Fsp3) is 0.944. The van der Waals surface area contributed by atoms with Crippen molar-refractivity contribution in [2.45, 2.75) is 44.6 Å². The van der Waals surface area contributed by atoms with Crippen LogP contribution in [-0.4, -0.2) is 97.3 Å². The molecule has 3 aliphatic heterocycles. The summed E-state index contributed by atoms with van der Waals surface area (Å²) in [6, 6.07) is 0.315. The molecule has 0 unspecified atom stereocenters. The lowest BCUT2D eigenvalue weighted by molar-refractivity contribution is -0.125. The number of amides is 1. The van der Waals surface area contributed by atoms with Crippen molar-refractivity contribution in [3.63, 3.8) is 0 Å². The van der Waals surface area contributed by atoms with Crippen LogP contribution in [-0.2, 0) is 4.74 Å². The summed E-state index contributed by atoms with van der Waals surface area (Å²) in [5.41, 5.74) is 0. The van der Waals surface area contributed by atoms with Crippen molar-refractivity contribution >= 4 is 6.09 Å². The number of piperidine rings is 1. The molecular formula is C18H32F2N4O2. The van der Waals surface area contributed by atoms with Crippen LogP contribution in [0, 0.1) is 5.92 Å². The number of ether oxygens (including phenoxy) is 1. The van der Waals surface area contributed by atoms with Crippen LogP contribution in [0.3, 0.4) is 0 Å². The molecule has 0 aromatic rings. The molecule has 0 spiro atoms. The Morgan fingerprint density at radius 1 is 1.19 bits per heavy atom. The zero-order valence-electron chi connectivity index (χ0n) is 16.0. The van der Waals surface area contributed by atoms with Crippen molar-refractivity contribution in [3.8, 4) is 0 Å². The van der Waals surface area contributed by atoms with Crippen molar-refractivity contribution in [2.24, 2.45) is 5.92 Å². The highest BCUT2D eigenvalue weighted by atomic mass is 19.3. The Hall–Kier alpha value is -0.990. The standard InChI is InChI=1S/C18H32F2N4O2/c1-3-26-17(25)21(2)8-4-15-12-24(13-15)23-9-5-16(6-10-23)22-11-7-18(19,20)14-22/h15-16H,3-14H2,1-2H3. The van der Waals surface area contributed by atoms with Gasteiger partial charge in [0.1, 0.15) is 0 Å². The summed E-state index contributed by atoms with van der Waals surface area (Å²) in [7, 11) is 1.78. The Kier molecular flexibility index (Phi) is 6.35. The van der Waals surface area contributed by atoms with Crippen molar-refractivity contribution in [2.75, 3.05) is 59.5 Å². The number of hydrogen-bond donors (Lipinski definition) is 0. The lowest BCUT2D eigenvalue weighted by Crippen LogP contribution is -2.59. The molecule has 0 aliphatic carbocycles. The summed E-state index contributed by atoms with van der Waals surface area (Å²) in [5, 5.41) is 4.76. The normalized spacial score (nSPS) is 26.0. The number of alkyl halides is 2. The zero-order valence-corrected chi connectivity index (χ0v) is 16.0. The van der Waals surface area contributed by atoms with Crippen LogP contribution in [0.25, 0.3) is 0 Å². The van der Waals surface area contributed by atoms with Gasteiger partial charge in [0.15, 0.2) is 0 Å². The first-order valence-electron chi connectivity index (χ1n) is 9.87. The first kappa shape index (κ1) is 19.8. The van der Waals surface area contributed by atoms with Gasteiger partial charge in [-0.3, -0.25) is 4.90 Å². The maximum atomic E-state index is 13.4. The zero-order chi connectivity index (χ0) is 18.7. The fourth-order valence-electron chi connectivity index (χ4n) is 4.23. The van der Waals surface area contributed by atoms with E-state index in [1.54, 1.807) is 11.9 Å². The predicted octanol–water partition coefficient (Wildman–Crippen LogP) is 2.12. The second kappa shape index (κ2) is 8.35. The van der Waals surface area contributed by atoms with Gasteiger partial charge in [0, 0.05) is 58.8 Å². The highest BCUT2D eigenvalue weighted by Crippen LogP contribution is 2.32. The molecule has 150 valence electrons. The summed E-state index contributed by atoms with van der Waals surface area (Å²) in [6.07, 6.45) is 2.70. The van der Waals surface area contributed by atoms with Gasteiger partial charge in [-0.1, -0.05) is 0 Å². The molecule has 0 aromatic heterocycles. The third-order valence-electron chi connectivity index (χ3n) is 5.95. The maximum Gasteiger partial charge on any atom is 0.409 e.